The van der Waals surface area contributed by atoms with Crippen molar-refractivity contribution in [2.45, 2.75) is 13.0 Å². The van der Waals surface area contributed by atoms with Crippen molar-refractivity contribution in [2.24, 2.45) is 5.73 Å². The van der Waals surface area contributed by atoms with Crippen LogP contribution >= 0.6 is 12.4 Å². The molecule has 90 valence electrons. The third kappa shape index (κ3) is 2.75. The molecule has 0 saturated heterocycles. The van der Waals surface area contributed by atoms with Gasteiger partial charge < -0.3 is 10.8 Å². The van der Waals surface area contributed by atoms with Crippen LogP contribution < -0.4 is 5.73 Å². The number of halogens is 1. The second-order valence-corrected chi connectivity index (χ2v) is 3.90. The number of ketones is 1. The Morgan fingerprint density at radius 2 is 1.76 bits per heavy atom. The van der Waals surface area contributed by atoms with Gasteiger partial charge in [0, 0.05) is 5.56 Å². The lowest BCUT2D eigenvalue weighted by molar-refractivity contribution is 0.0968. The molecule has 1 unspecified atom stereocenters. The quantitative estimate of drug-likeness (QED) is 0.806. The molecule has 1 atom stereocenters. The van der Waals surface area contributed by atoms with E-state index in [2.05, 4.69) is 0 Å². The molecule has 0 aliphatic carbocycles. The van der Waals surface area contributed by atoms with Crippen molar-refractivity contribution in [1.29, 1.82) is 0 Å². The molecule has 2 aromatic rings. The minimum atomic E-state index is -0.491. The number of phenolic OH excluding ortho intramolecular Hbond substituents is 1. The minimum Gasteiger partial charge on any atom is -0.508 e. The average Bonchev–Trinajstić information content (AvgIpc) is 2.27. The van der Waals surface area contributed by atoms with Gasteiger partial charge in [-0.3, -0.25) is 4.79 Å². The Morgan fingerprint density at radius 1 is 1.18 bits per heavy atom. The van der Waals surface area contributed by atoms with Gasteiger partial charge in [0.1, 0.15) is 5.75 Å². The van der Waals surface area contributed by atoms with Crippen LogP contribution in [0, 0.1) is 0 Å². The number of fused-ring (bicyclic) bond motifs is 1. The van der Waals surface area contributed by atoms with Crippen molar-refractivity contribution < 1.29 is 9.90 Å². The number of nitrogens with two attached hydrogens (primary N) is 1. The summed E-state index contributed by atoms with van der Waals surface area (Å²) in [5.74, 6) is 0.147. The van der Waals surface area contributed by atoms with E-state index in [-0.39, 0.29) is 23.9 Å². The van der Waals surface area contributed by atoms with Gasteiger partial charge in [-0.1, -0.05) is 18.2 Å². The first-order valence-corrected chi connectivity index (χ1v) is 5.10. The molecule has 4 heteroatoms. The van der Waals surface area contributed by atoms with E-state index in [0.29, 0.717) is 5.56 Å². The smallest absolute Gasteiger partial charge is 0.179 e. The Labute approximate surface area is 106 Å². The first-order valence-electron chi connectivity index (χ1n) is 5.10. The second-order valence-electron chi connectivity index (χ2n) is 3.90. The molecule has 0 amide bonds. The number of aromatic hydroxyl groups is 1. The van der Waals surface area contributed by atoms with E-state index >= 15 is 0 Å². The molecule has 0 spiro atoms. The fourth-order valence-electron chi connectivity index (χ4n) is 1.65. The summed E-state index contributed by atoms with van der Waals surface area (Å²) in [7, 11) is 0. The molecule has 0 fully saturated rings. The molecule has 2 aromatic carbocycles. The van der Waals surface area contributed by atoms with Gasteiger partial charge in [-0.05, 0) is 35.9 Å². The van der Waals surface area contributed by atoms with E-state index in [4.69, 9.17) is 5.73 Å². The summed E-state index contributed by atoms with van der Waals surface area (Å²) < 4.78 is 0. The molecule has 0 heterocycles. The molecule has 3 nitrogen and oxygen atoms in total. The van der Waals surface area contributed by atoms with Crippen molar-refractivity contribution in [3.63, 3.8) is 0 Å². The van der Waals surface area contributed by atoms with Gasteiger partial charge >= 0.3 is 0 Å². The molecule has 0 radical (unpaired) electrons. The molecule has 3 N–H and O–H groups in total. The van der Waals surface area contributed by atoms with Crippen molar-refractivity contribution in [3.8, 4) is 5.75 Å². The Hall–Kier alpha value is -1.58. The average molecular weight is 252 g/mol. The van der Waals surface area contributed by atoms with E-state index in [9.17, 15) is 9.90 Å². The van der Waals surface area contributed by atoms with Crippen LogP contribution in [0.1, 0.15) is 17.3 Å². The molecule has 0 aliphatic rings. The first kappa shape index (κ1) is 13.5. The monoisotopic (exact) mass is 251 g/mol. The normalized spacial score (nSPS) is 11.9. The fourth-order valence-corrected chi connectivity index (χ4v) is 1.65. The summed E-state index contributed by atoms with van der Waals surface area (Å²) >= 11 is 0. The lowest BCUT2D eigenvalue weighted by Gasteiger charge is -2.06. The summed E-state index contributed by atoms with van der Waals surface area (Å²) in [5, 5.41) is 11.1. The maximum Gasteiger partial charge on any atom is 0.179 e. The molecule has 2 rings (SSSR count). The number of Topliss-reactive ketones (excluding diaryl/α,β-unsaturated/α-hetero) is 1. The van der Waals surface area contributed by atoms with Gasteiger partial charge in [0.15, 0.2) is 5.78 Å². The molecular formula is C13H14ClNO2. The number of hydrogen-bond donors (Lipinski definition) is 2. The van der Waals surface area contributed by atoms with E-state index in [1.807, 2.05) is 6.07 Å². The number of carbonyl (C=O) groups excluding carboxylic acids is 1. The van der Waals surface area contributed by atoms with Gasteiger partial charge in [-0.15, -0.1) is 12.4 Å². The van der Waals surface area contributed by atoms with E-state index in [1.54, 1.807) is 37.3 Å². The van der Waals surface area contributed by atoms with E-state index in [0.717, 1.165) is 10.8 Å². The zero-order chi connectivity index (χ0) is 11.7. The third-order valence-corrected chi connectivity index (χ3v) is 2.52. The van der Waals surface area contributed by atoms with Crippen LogP contribution in [0.2, 0.25) is 0 Å². The lowest BCUT2D eigenvalue weighted by Crippen LogP contribution is -2.26. The maximum absolute atomic E-state index is 11.7. The zero-order valence-corrected chi connectivity index (χ0v) is 10.2. The maximum atomic E-state index is 11.7. The number of carbonyl (C=O) groups is 1. The third-order valence-electron chi connectivity index (χ3n) is 2.52. The Morgan fingerprint density at radius 3 is 2.41 bits per heavy atom. The second kappa shape index (κ2) is 5.17. The van der Waals surface area contributed by atoms with Crippen LogP contribution in [0.25, 0.3) is 10.8 Å². The number of rotatable bonds is 2. The highest BCUT2D eigenvalue weighted by atomic mass is 35.5. The van der Waals surface area contributed by atoms with E-state index < -0.39 is 6.04 Å². The minimum absolute atomic E-state index is 0. The van der Waals surface area contributed by atoms with Gasteiger partial charge in [0.25, 0.3) is 0 Å². The number of phenols is 1. The van der Waals surface area contributed by atoms with Crippen molar-refractivity contribution >= 4 is 29.0 Å². The van der Waals surface area contributed by atoms with Crippen molar-refractivity contribution in [2.75, 3.05) is 0 Å². The highest BCUT2D eigenvalue weighted by molar-refractivity contribution is 6.02. The Kier molecular flexibility index (Phi) is 4.10. The predicted molar refractivity (Wildman–Crippen MR) is 70.8 cm³/mol. The van der Waals surface area contributed by atoms with Gasteiger partial charge in [-0.2, -0.15) is 0 Å². The van der Waals surface area contributed by atoms with Crippen LogP contribution in [0.5, 0.6) is 5.75 Å². The van der Waals surface area contributed by atoms with Gasteiger partial charge in [0.05, 0.1) is 6.04 Å². The van der Waals surface area contributed by atoms with Crippen LogP contribution in [-0.4, -0.2) is 16.9 Å². The highest BCUT2D eigenvalue weighted by Crippen LogP contribution is 2.21. The standard InChI is InChI=1S/C13H13NO2.ClH/c1-8(14)13(16)11-3-2-10-7-12(15)5-4-9(10)6-11;/h2-8,15H,14H2,1H3;1H. The van der Waals surface area contributed by atoms with Crippen LogP contribution in [0.4, 0.5) is 0 Å². The number of hydrogen-bond acceptors (Lipinski definition) is 3. The summed E-state index contributed by atoms with van der Waals surface area (Å²) in [6.07, 6.45) is 0. The van der Waals surface area contributed by atoms with Crippen LogP contribution in [0.3, 0.4) is 0 Å². The molecule has 0 bridgehead atoms. The Balaban J connectivity index is 0.00000144. The molecule has 0 aliphatic heterocycles. The fraction of sp³-hybridized carbons (Fsp3) is 0.154. The SMILES string of the molecule is CC(N)C(=O)c1ccc2cc(O)ccc2c1.Cl. The highest BCUT2D eigenvalue weighted by Gasteiger charge is 2.10. The summed E-state index contributed by atoms with van der Waals surface area (Å²) in [5.41, 5.74) is 6.15. The van der Waals surface area contributed by atoms with Crippen molar-refractivity contribution in [1.82, 2.24) is 0 Å². The molecular weight excluding hydrogens is 238 g/mol. The molecule has 17 heavy (non-hydrogen) atoms. The summed E-state index contributed by atoms with van der Waals surface area (Å²) in [4.78, 5) is 11.7. The lowest BCUT2D eigenvalue weighted by atomic mass is 10.0. The molecule has 0 aromatic heterocycles. The topological polar surface area (TPSA) is 63.3 Å². The molecule has 0 saturated carbocycles. The first-order chi connectivity index (χ1) is 7.58. The van der Waals surface area contributed by atoms with Crippen molar-refractivity contribution in [3.05, 3.63) is 42.0 Å². The Bertz CT molecular complexity index is 552. The predicted octanol–water partition coefficient (Wildman–Crippen LogP) is 2.50. The largest absolute Gasteiger partial charge is 0.508 e. The van der Waals surface area contributed by atoms with Crippen LogP contribution in [0.15, 0.2) is 36.4 Å². The summed E-state index contributed by atoms with van der Waals surface area (Å²) in [6, 6.07) is 9.88. The van der Waals surface area contributed by atoms with Crippen LogP contribution in [-0.2, 0) is 0 Å². The van der Waals surface area contributed by atoms with Gasteiger partial charge in [-0.25, -0.2) is 0 Å². The number of benzene rings is 2. The van der Waals surface area contributed by atoms with Gasteiger partial charge in [0.2, 0.25) is 0 Å². The summed E-state index contributed by atoms with van der Waals surface area (Å²) in [6.45, 7) is 1.67. The zero-order valence-electron chi connectivity index (χ0n) is 9.38. The van der Waals surface area contributed by atoms with E-state index in [1.165, 1.54) is 0 Å².